The number of hydrogen-bond acceptors (Lipinski definition) is 4. The Morgan fingerprint density at radius 2 is 1.21 bits per heavy atom. The van der Waals surface area contributed by atoms with Crippen molar-refractivity contribution in [1.29, 1.82) is 0 Å². The first-order valence-electron chi connectivity index (χ1n) is 7.89. The van der Waals surface area contributed by atoms with E-state index in [-0.39, 0.29) is 36.8 Å². The Balaban J connectivity index is 2.58. The third-order valence-corrected chi connectivity index (χ3v) is 7.35. The second-order valence-electron chi connectivity index (χ2n) is 6.09. The molecule has 0 aliphatic carbocycles. The molecule has 0 aliphatic rings. The van der Waals surface area contributed by atoms with Gasteiger partial charge in [-0.25, -0.2) is 0 Å². The summed E-state index contributed by atoms with van der Waals surface area (Å²) in [5, 5.41) is 20.0. The fourth-order valence-electron chi connectivity index (χ4n) is 3.15. The van der Waals surface area contributed by atoms with Gasteiger partial charge in [-0.05, 0) is 41.5 Å². The summed E-state index contributed by atoms with van der Waals surface area (Å²) in [6.07, 6.45) is 0. The van der Waals surface area contributed by atoms with Crippen LogP contribution in [0, 0.1) is 0 Å². The summed E-state index contributed by atoms with van der Waals surface area (Å²) in [7, 11) is -5.04. The van der Waals surface area contributed by atoms with Gasteiger partial charge >= 0.3 is 0 Å². The van der Waals surface area contributed by atoms with Crippen LogP contribution < -0.4 is 0 Å². The van der Waals surface area contributed by atoms with Crippen molar-refractivity contribution >= 4 is 56.5 Å². The second-order valence-corrected chi connectivity index (χ2v) is 9.25. The molecule has 3 N–H and O–H groups in total. The SMILES string of the molecule is O=S(=O)(O)C(c1ccc(Cl)c(O)c1)(c1ccc(Cl)c(O)c1)c1cccc(Cl)c1Cl. The summed E-state index contributed by atoms with van der Waals surface area (Å²) in [5.74, 6) is -0.845. The molecule has 3 aromatic carbocycles. The first-order valence-corrected chi connectivity index (χ1v) is 10.8. The second kappa shape index (κ2) is 7.87. The van der Waals surface area contributed by atoms with Crippen LogP contribution in [0.2, 0.25) is 20.1 Å². The molecule has 10 heteroatoms. The van der Waals surface area contributed by atoms with Crippen LogP contribution in [0.5, 0.6) is 11.5 Å². The molecular formula is C19H12Cl4O5S. The van der Waals surface area contributed by atoms with Crippen LogP contribution in [0.3, 0.4) is 0 Å². The Kier molecular flexibility index (Phi) is 5.98. The van der Waals surface area contributed by atoms with Crippen molar-refractivity contribution in [1.82, 2.24) is 0 Å². The maximum Gasteiger partial charge on any atom is 0.283 e. The maximum atomic E-state index is 12.9. The van der Waals surface area contributed by atoms with Crippen molar-refractivity contribution in [2.75, 3.05) is 0 Å². The van der Waals surface area contributed by atoms with E-state index < -0.39 is 26.4 Å². The predicted octanol–water partition coefficient (Wildman–Crippen LogP) is 5.89. The first kappa shape index (κ1) is 22.0. The molecule has 3 aromatic rings. The highest BCUT2D eigenvalue weighted by Gasteiger charge is 2.50. The molecule has 0 unspecified atom stereocenters. The standard InChI is InChI=1S/C19H12Cl4O5S/c20-13-6-4-10(8-16(13)24)19(29(26,27)28,11-5-7-14(21)17(25)9-11)12-2-1-3-15(22)18(12)23/h1-9,24-25H,(H,26,27,28). The van der Waals surface area contributed by atoms with Crippen LogP contribution in [0.25, 0.3) is 0 Å². The molecule has 0 heterocycles. The zero-order chi connectivity index (χ0) is 21.6. The summed E-state index contributed by atoms with van der Waals surface area (Å²) in [6, 6.07) is 11.6. The van der Waals surface area contributed by atoms with Gasteiger partial charge in [-0.1, -0.05) is 70.7 Å². The molecule has 29 heavy (non-hydrogen) atoms. The van der Waals surface area contributed by atoms with Gasteiger partial charge in [0.2, 0.25) is 0 Å². The van der Waals surface area contributed by atoms with Crippen LogP contribution >= 0.6 is 46.4 Å². The Hall–Kier alpha value is -1.67. The van der Waals surface area contributed by atoms with Gasteiger partial charge in [0.25, 0.3) is 10.1 Å². The molecule has 0 saturated heterocycles. The van der Waals surface area contributed by atoms with Gasteiger partial charge < -0.3 is 10.2 Å². The van der Waals surface area contributed by atoms with E-state index in [2.05, 4.69) is 0 Å². The van der Waals surface area contributed by atoms with Gasteiger partial charge in [-0.2, -0.15) is 8.42 Å². The van der Waals surface area contributed by atoms with Crippen LogP contribution in [-0.2, 0) is 14.9 Å². The van der Waals surface area contributed by atoms with E-state index in [9.17, 15) is 23.2 Å². The summed E-state index contributed by atoms with van der Waals surface area (Å²) < 4.78 is 34.0. The summed E-state index contributed by atoms with van der Waals surface area (Å²) in [5.41, 5.74) is -0.279. The molecule has 0 radical (unpaired) electrons. The predicted molar refractivity (Wildman–Crippen MR) is 114 cm³/mol. The number of phenols is 2. The minimum absolute atomic E-state index is 0.0332. The van der Waals surface area contributed by atoms with Crippen molar-refractivity contribution in [3.63, 3.8) is 0 Å². The maximum absolute atomic E-state index is 12.9. The molecule has 5 nitrogen and oxygen atoms in total. The smallest absolute Gasteiger partial charge is 0.283 e. The Bertz CT molecular complexity index is 1160. The minimum atomic E-state index is -5.04. The number of rotatable bonds is 4. The molecular weight excluding hydrogens is 482 g/mol. The fraction of sp³-hybridized carbons (Fsp3) is 0.0526. The summed E-state index contributed by atoms with van der Waals surface area (Å²) >= 11 is 24.2. The van der Waals surface area contributed by atoms with Crippen LogP contribution in [0.1, 0.15) is 16.7 Å². The zero-order valence-electron chi connectivity index (χ0n) is 14.3. The van der Waals surface area contributed by atoms with E-state index in [1.165, 1.54) is 42.5 Å². The number of halogens is 4. The molecule has 3 rings (SSSR count). The van der Waals surface area contributed by atoms with E-state index >= 15 is 0 Å². The molecule has 0 atom stereocenters. The van der Waals surface area contributed by atoms with E-state index in [1.54, 1.807) is 0 Å². The third-order valence-electron chi connectivity index (χ3n) is 4.42. The van der Waals surface area contributed by atoms with Crippen LogP contribution in [0.4, 0.5) is 0 Å². The molecule has 0 aliphatic heterocycles. The molecule has 152 valence electrons. The molecule has 0 bridgehead atoms. The lowest BCUT2D eigenvalue weighted by atomic mass is 9.83. The minimum Gasteiger partial charge on any atom is -0.506 e. The summed E-state index contributed by atoms with van der Waals surface area (Å²) in [4.78, 5) is 0. The Morgan fingerprint density at radius 1 is 0.724 bits per heavy atom. The van der Waals surface area contributed by atoms with Crippen molar-refractivity contribution < 1.29 is 23.2 Å². The van der Waals surface area contributed by atoms with Crippen molar-refractivity contribution in [2.24, 2.45) is 0 Å². The number of hydrogen-bond donors (Lipinski definition) is 3. The van der Waals surface area contributed by atoms with Crippen molar-refractivity contribution in [2.45, 2.75) is 4.75 Å². The molecule has 0 aromatic heterocycles. The fourth-order valence-corrected chi connectivity index (χ4v) is 5.18. The Labute approximate surface area is 186 Å². The van der Waals surface area contributed by atoms with Gasteiger partial charge in [0.1, 0.15) is 11.5 Å². The average molecular weight is 494 g/mol. The largest absolute Gasteiger partial charge is 0.506 e. The zero-order valence-corrected chi connectivity index (χ0v) is 18.1. The highest BCUT2D eigenvalue weighted by Crippen LogP contribution is 2.49. The number of phenolic OH excluding ortho intramolecular Hbond substituents is 2. The first-order chi connectivity index (χ1) is 13.5. The van der Waals surface area contributed by atoms with Crippen molar-refractivity contribution in [3.05, 3.63) is 91.4 Å². The lowest BCUT2D eigenvalue weighted by Crippen LogP contribution is -2.38. The monoisotopic (exact) mass is 492 g/mol. The topological polar surface area (TPSA) is 94.8 Å². The summed E-state index contributed by atoms with van der Waals surface area (Å²) in [6.45, 7) is 0. The Morgan fingerprint density at radius 3 is 1.62 bits per heavy atom. The van der Waals surface area contributed by atoms with Gasteiger partial charge in [-0.3, -0.25) is 4.55 Å². The van der Waals surface area contributed by atoms with Crippen LogP contribution in [0.15, 0.2) is 54.6 Å². The lowest BCUT2D eigenvalue weighted by molar-refractivity contribution is 0.455. The van der Waals surface area contributed by atoms with E-state index in [4.69, 9.17) is 46.4 Å². The van der Waals surface area contributed by atoms with Gasteiger partial charge in [0.05, 0.1) is 20.1 Å². The van der Waals surface area contributed by atoms with Crippen LogP contribution in [-0.4, -0.2) is 23.2 Å². The van der Waals surface area contributed by atoms with Gasteiger partial charge in [0, 0.05) is 5.56 Å². The van der Waals surface area contributed by atoms with E-state index in [1.807, 2.05) is 0 Å². The molecule has 0 amide bonds. The van der Waals surface area contributed by atoms with Gasteiger partial charge in [0.15, 0.2) is 4.75 Å². The highest BCUT2D eigenvalue weighted by atomic mass is 35.5. The normalized spacial score (nSPS) is 12.2. The third kappa shape index (κ3) is 3.65. The number of aromatic hydroxyl groups is 2. The molecule has 0 fully saturated rings. The molecule has 0 spiro atoms. The van der Waals surface area contributed by atoms with Crippen molar-refractivity contribution in [3.8, 4) is 11.5 Å². The van der Waals surface area contributed by atoms with E-state index in [0.29, 0.717) is 0 Å². The lowest BCUT2D eigenvalue weighted by Gasteiger charge is -2.33. The quantitative estimate of drug-likeness (QED) is 0.311. The molecule has 0 saturated carbocycles. The number of benzene rings is 3. The average Bonchev–Trinajstić information content (AvgIpc) is 2.63. The van der Waals surface area contributed by atoms with E-state index in [0.717, 1.165) is 12.1 Å². The highest BCUT2D eigenvalue weighted by molar-refractivity contribution is 7.87. The van der Waals surface area contributed by atoms with Gasteiger partial charge in [-0.15, -0.1) is 0 Å².